The summed E-state index contributed by atoms with van der Waals surface area (Å²) in [6.45, 7) is 0.581. The van der Waals surface area contributed by atoms with Crippen LogP contribution in [0.1, 0.15) is 11.1 Å². The van der Waals surface area contributed by atoms with Crippen molar-refractivity contribution in [1.82, 2.24) is 4.42 Å². The number of benzene rings is 1. The first-order valence-electron chi connectivity index (χ1n) is 4.79. The molecule has 1 aromatic carbocycles. The van der Waals surface area contributed by atoms with Crippen LogP contribution in [-0.2, 0) is 22.5 Å². The number of hydrogen-bond donors (Lipinski definition) is 0. The van der Waals surface area contributed by atoms with E-state index in [1.54, 1.807) is 0 Å². The Morgan fingerprint density at radius 3 is 2.80 bits per heavy atom. The van der Waals surface area contributed by atoms with E-state index in [4.69, 9.17) is 16.5 Å². The smallest absolute Gasteiger partial charge is 0.324 e. The monoisotopic (exact) mass is 225 g/mol. The largest absolute Gasteiger partial charge is 0.468 e. The number of halogens is 1. The van der Waals surface area contributed by atoms with Crippen LogP contribution in [0.15, 0.2) is 24.3 Å². The first-order chi connectivity index (χ1) is 7.22. The number of carbonyl (C=O) groups excluding carboxylic acids is 1. The van der Waals surface area contributed by atoms with Gasteiger partial charge >= 0.3 is 5.97 Å². The highest BCUT2D eigenvalue weighted by molar-refractivity contribution is 6.14. The van der Waals surface area contributed by atoms with Gasteiger partial charge in [0.15, 0.2) is 0 Å². The third kappa shape index (κ3) is 1.98. The predicted molar refractivity (Wildman–Crippen MR) is 57.3 cm³/mol. The van der Waals surface area contributed by atoms with Gasteiger partial charge in [0.2, 0.25) is 0 Å². The molecule has 0 unspecified atom stereocenters. The summed E-state index contributed by atoms with van der Waals surface area (Å²) in [4.78, 5) is 11.4. The minimum Gasteiger partial charge on any atom is -0.468 e. The summed E-state index contributed by atoms with van der Waals surface area (Å²) < 4.78 is 6.22. The molecule has 0 saturated carbocycles. The second-order valence-corrected chi connectivity index (χ2v) is 4.00. The number of rotatable bonds is 1. The molecule has 0 bridgehead atoms. The minimum atomic E-state index is -0.369. The molecule has 4 heteroatoms. The molecule has 1 heterocycles. The fourth-order valence-electron chi connectivity index (χ4n) is 1.82. The van der Waals surface area contributed by atoms with Crippen molar-refractivity contribution in [1.29, 1.82) is 0 Å². The van der Waals surface area contributed by atoms with Gasteiger partial charge in [0.05, 0.1) is 7.11 Å². The van der Waals surface area contributed by atoms with Crippen LogP contribution >= 0.6 is 11.8 Å². The van der Waals surface area contributed by atoms with E-state index in [-0.39, 0.29) is 12.0 Å². The second-order valence-electron chi connectivity index (χ2n) is 3.57. The molecule has 0 aliphatic carbocycles. The Hall–Kier alpha value is -1.06. The van der Waals surface area contributed by atoms with Gasteiger partial charge in [-0.15, -0.1) is 0 Å². The number of methoxy groups -OCH3 is 1. The van der Waals surface area contributed by atoms with Gasteiger partial charge in [-0.1, -0.05) is 24.3 Å². The lowest BCUT2D eigenvalue weighted by Gasteiger charge is -2.29. The second kappa shape index (κ2) is 4.21. The normalized spacial score (nSPS) is 20.8. The minimum absolute atomic E-state index is 0.278. The predicted octanol–water partition coefficient (Wildman–Crippen LogP) is 1.74. The van der Waals surface area contributed by atoms with Crippen molar-refractivity contribution in [2.75, 3.05) is 7.11 Å². The summed E-state index contributed by atoms with van der Waals surface area (Å²) in [5.41, 5.74) is 2.34. The van der Waals surface area contributed by atoms with Gasteiger partial charge in [-0.25, -0.2) is 4.42 Å². The fourth-order valence-corrected chi connectivity index (χ4v) is 2.10. The van der Waals surface area contributed by atoms with E-state index in [0.717, 1.165) is 0 Å². The van der Waals surface area contributed by atoms with Gasteiger partial charge in [0, 0.05) is 13.0 Å². The summed E-state index contributed by atoms with van der Waals surface area (Å²) in [5.74, 6) is -0.278. The zero-order chi connectivity index (χ0) is 10.8. The van der Waals surface area contributed by atoms with Gasteiger partial charge in [0.25, 0.3) is 0 Å². The lowest BCUT2D eigenvalue weighted by Crippen LogP contribution is -2.40. The van der Waals surface area contributed by atoms with Crippen LogP contribution in [0, 0.1) is 0 Å². The van der Waals surface area contributed by atoms with E-state index in [1.165, 1.54) is 22.7 Å². The van der Waals surface area contributed by atoms with Crippen molar-refractivity contribution in [3.63, 3.8) is 0 Å². The Bertz CT molecular complexity index is 381. The zero-order valence-electron chi connectivity index (χ0n) is 8.44. The number of nitrogens with zero attached hydrogens (tertiary/aromatic N) is 1. The number of fused-ring (bicyclic) bond motifs is 1. The average molecular weight is 226 g/mol. The molecule has 1 aliphatic heterocycles. The van der Waals surface area contributed by atoms with Crippen LogP contribution in [0.4, 0.5) is 0 Å². The number of ether oxygens (including phenoxy) is 1. The summed E-state index contributed by atoms with van der Waals surface area (Å²) in [7, 11) is 1.38. The molecular weight excluding hydrogens is 214 g/mol. The molecule has 80 valence electrons. The molecule has 0 N–H and O–H groups in total. The van der Waals surface area contributed by atoms with Crippen LogP contribution in [0.3, 0.4) is 0 Å². The lowest BCUT2D eigenvalue weighted by molar-refractivity contribution is -0.145. The van der Waals surface area contributed by atoms with Crippen molar-refractivity contribution in [2.24, 2.45) is 0 Å². The Morgan fingerprint density at radius 2 is 2.13 bits per heavy atom. The number of hydrogen-bond acceptors (Lipinski definition) is 3. The Morgan fingerprint density at radius 1 is 1.47 bits per heavy atom. The Labute approximate surface area is 93.7 Å². The summed E-state index contributed by atoms with van der Waals surface area (Å²) >= 11 is 6.02. The maximum absolute atomic E-state index is 11.4. The van der Waals surface area contributed by atoms with Crippen LogP contribution in [-0.4, -0.2) is 23.5 Å². The van der Waals surface area contributed by atoms with Crippen molar-refractivity contribution < 1.29 is 9.53 Å². The molecule has 1 aliphatic rings. The fraction of sp³-hybridized carbons (Fsp3) is 0.364. The lowest BCUT2D eigenvalue weighted by atomic mass is 9.96. The number of esters is 1. The van der Waals surface area contributed by atoms with E-state index in [1.807, 2.05) is 24.3 Å². The highest BCUT2D eigenvalue weighted by atomic mass is 35.5. The average Bonchev–Trinajstić information content (AvgIpc) is 2.27. The summed E-state index contributed by atoms with van der Waals surface area (Å²) in [6.07, 6.45) is 0.617. The molecule has 0 fully saturated rings. The van der Waals surface area contributed by atoms with E-state index < -0.39 is 0 Å². The Kier molecular flexibility index (Phi) is 2.93. The van der Waals surface area contributed by atoms with E-state index in [9.17, 15) is 4.79 Å². The van der Waals surface area contributed by atoms with Crippen molar-refractivity contribution in [3.05, 3.63) is 35.4 Å². The molecule has 1 atom stereocenters. The third-order valence-corrected chi connectivity index (χ3v) is 3.02. The summed E-state index contributed by atoms with van der Waals surface area (Å²) in [5, 5.41) is 0. The van der Waals surface area contributed by atoms with Crippen molar-refractivity contribution in [2.45, 2.75) is 19.0 Å². The van der Waals surface area contributed by atoms with Gasteiger partial charge < -0.3 is 4.74 Å². The van der Waals surface area contributed by atoms with Crippen LogP contribution < -0.4 is 0 Å². The SMILES string of the molecule is COC(=O)[C@@H]1Cc2ccccc2CN1Cl. The molecule has 1 aromatic rings. The maximum Gasteiger partial charge on any atom is 0.324 e. The molecule has 0 aromatic heterocycles. The molecule has 0 saturated heterocycles. The molecule has 0 spiro atoms. The molecule has 0 radical (unpaired) electrons. The third-order valence-electron chi connectivity index (χ3n) is 2.66. The summed E-state index contributed by atoms with van der Waals surface area (Å²) in [6, 6.07) is 7.62. The Balaban J connectivity index is 2.25. The van der Waals surface area contributed by atoms with E-state index >= 15 is 0 Å². The van der Waals surface area contributed by atoms with Crippen LogP contribution in [0.2, 0.25) is 0 Å². The molecule has 3 nitrogen and oxygen atoms in total. The van der Waals surface area contributed by atoms with E-state index in [2.05, 4.69) is 0 Å². The molecule has 2 rings (SSSR count). The van der Waals surface area contributed by atoms with Gasteiger partial charge in [-0.05, 0) is 22.9 Å². The van der Waals surface area contributed by atoms with E-state index in [0.29, 0.717) is 13.0 Å². The molecule has 15 heavy (non-hydrogen) atoms. The van der Waals surface area contributed by atoms with Gasteiger partial charge in [0.1, 0.15) is 6.04 Å². The van der Waals surface area contributed by atoms with Gasteiger partial charge in [-0.2, -0.15) is 0 Å². The van der Waals surface area contributed by atoms with Crippen molar-refractivity contribution >= 4 is 17.7 Å². The van der Waals surface area contributed by atoms with Gasteiger partial charge in [-0.3, -0.25) is 4.79 Å². The highest BCUT2D eigenvalue weighted by Crippen LogP contribution is 2.25. The first kappa shape index (κ1) is 10.5. The maximum atomic E-state index is 11.4. The molecular formula is C11H12ClNO2. The van der Waals surface area contributed by atoms with Crippen LogP contribution in [0.25, 0.3) is 0 Å². The standard InChI is InChI=1S/C11H12ClNO2/c1-15-11(14)10-6-8-4-2-3-5-9(8)7-13(10)12/h2-5,10H,6-7H2,1H3/t10-/m0/s1. The van der Waals surface area contributed by atoms with Crippen molar-refractivity contribution in [3.8, 4) is 0 Å². The highest BCUT2D eigenvalue weighted by Gasteiger charge is 2.30. The quantitative estimate of drug-likeness (QED) is 0.539. The molecule has 0 amide bonds. The zero-order valence-corrected chi connectivity index (χ0v) is 9.20. The first-order valence-corrected chi connectivity index (χ1v) is 5.13. The number of carbonyl (C=O) groups is 1. The topological polar surface area (TPSA) is 29.5 Å². The van der Waals surface area contributed by atoms with Crippen LogP contribution in [0.5, 0.6) is 0 Å².